The van der Waals surface area contributed by atoms with Gasteiger partial charge in [0.2, 0.25) is 5.78 Å². The summed E-state index contributed by atoms with van der Waals surface area (Å²) in [6.45, 7) is 0. The third kappa shape index (κ3) is 6.36. The molecule has 0 aliphatic carbocycles. The lowest BCUT2D eigenvalue weighted by molar-refractivity contribution is 0.936. The fourth-order valence-electron chi connectivity index (χ4n) is 3.15. The number of rotatable bonds is 0. The van der Waals surface area contributed by atoms with Gasteiger partial charge in [0.15, 0.2) is 11.3 Å². The Morgan fingerprint density at radius 2 is 1.03 bits per heavy atom. The number of fused-ring (bicyclic) bond motifs is 4. The molecule has 8 heterocycles. The number of hydrogen-bond acceptors (Lipinski definition) is 7. The van der Waals surface area contributed by atoms with E-state index in [4.69, 9.17) is 0 Å². The zero-order valence-electron chi connectivity index (χ0n) is 19.0. The van der Waals surface area contributed by atoms with Gasteiger partial charge in [-0.15, -0.1) is 0 Å². The van der Waals surface area contributed by atoms with Crippen LogP contribution in [0.25, 0.3) is 22.7 Å². The van der Waals surface area contributed by atoms with Gasteiger partial charge in [-0.05, 0) is 36.4 Å². The Labute approximate surface area is 212 Å². The van der Waals surface area contributed by atoms with Crippen LogP contribution in [0.15, 0.2) is 129 Å². The van der Waals surface area contributed by atoms with E-state index in [1.807, 2.05) is 94.5 Å². The van der Waals surface area contributed by atoms with Crippen LogP contribution in [0.1, 0.15) is 7.43 Å². The Morgan fingerprint density at radius 3 is 1.89 bits per heavy atom. The molecule has 11 heteroatoms. The SMILES string of the molecule is C.c1ccn2ccnc2c1.c1cnc2ccnn2c1.c1cnc2nccn2c1.c1cnn2ccnc2c1. The van der Waals surface area contributed by atoms with E-state index in [1.54, 1.807) is 52.4 Å². The van der Waals surface area contributed by atoms with Gasteiger partial charge in [-0.1, -0.05) is 13.5 Å². The van der Waals surface area contributed by atoms with Gasteiger partial charge in [0.05, 0.1) is 6.20 Å². The Balaban J connectivity index is 0.000000114. The monoisotopic (exact) mass is 491 g/mol. The Kier molecular flexibility index (Phi) is 8.21. The third-order valence-corrected chi connectivity index (χ3v) is 4.81. The van der Waals surface area contributed by atoms with Crippen molar-refractivity contribution >= 4 is 22.7 Å². The van der Waals surface area contributed by atoms with E-state index in [2.05, 4.69) is 35.1 Å². The lowest BCUT2D eigenvalue weighted by Gasteiger charge is -1.86. The summed E-state index contributed by atoms with van der Waals surface area (Å²) in [6.07, 6.45) is 23.5. The Hall–Kier alpha value is -5.45. The van der Waals surface area contributed by atoms with Crippen LogP contribution < -0.4 is 0 Å². The largest absolute Gasteiger partial charge is 0.307 e. The van der Waals surface area contributed by atoms with E-state index in [1.165, 1.54) is 0 Å². The van der Waals surface area contributed by atoms with Crippen LogP contribution in [0.5, 0.6) is 0 Å². The van der Waals surface area contributed by atoms with Gasteiger partial charge in [-0.2, -0.15) is 10.2 Å². The standard InChI is InChI=1S/C7H6N2.3C6H5N3.CH4/c1-2-5-9-6-4-8-7(9)3-1;1-3-7-6-2-4-8-9(6)5-1;1-2-7-6-8-3-5-9(6)4-1;1-2-6-7-4-5-9(6)8-3-1;/h1-6H;3*1-5H;1H4. The summed E-state index contributed by atoms with van der Waals surface area (Å²) in [6, 6.07) is 15.3. The molecule has 0 radical (unpaired) electrons. The second-order valence-corrected chi connectivity index (χ2v) is 7.15. The normalized spacial score (nSPS) is 9.95. The van der Waals surface area contributed by atoms with Crippen LogP contribution in [-0.2, 0) is 0 Å². The van der Waals surface area contributed by atoms with Crippen molar-refractivity contribution in [2.24, 2.45) is 0 Å². The maximum Gasteiger partial charge on any atom is 0.233 e. The lowest BCUT2D eigenvalue weighted by Crippen LogP contribution is -1.85. The number of pyridine rings is 1. The number of nitrogens with zero attached hydrogens (tertiary/aromatic N) is 11. The summed E-state index contributed by atoms with van der Waals surface area (Å²) in [5, 5.41) is 7.97. The molecule has 11 nitrogen and oxygen atoms in total. The maximum absolute atomic E-state index is 4.08. The molecule has 0 aromatic carbocycles. The molecule has 37 heavy (non-hydrogen) atoms. The van der Waals surface area contributed by atoms with Gasteiger partial charge < -0.3 is 4.40 Å². The zero-order chi connectivity index (χ0) is 24.4. The van der Waals surface area contributed by atoms with Crippen molar-refractivity contribution in [1.29, 1.82) is 0 Å². The van der Waals surface area contributed by atoms with Gasteiger partial charge in [0.25, 0.3) is 0 Å². The number of aromatic nitrogens is 11. The first-order chi connectivity index (χ1) is 17.9. The molecule has 0 atom stereocenters. The average molecular weight is 492 g/mol. The van der Waals surface area contributed by atoms with Gasteiger partial charge in [0.1, 0.15) is 5.65 Å². The highest BCUT2D eigenvalue weighted by molar-refractivity contribution is 5.37. The van der Waals surface area contributed by atoms with Gasteiger partial charge in [-0.25, -0.2) is 34.0 Å². The van der Waals surface area contributed by atoms with Crippen molar-refractivity contribution in [3.05, 3.63) is 129 Å². The van der Waals surface area contributed by atoms with Crippen LogP contribution in [-0.4, -0.2) is 52.9 Å². The van der Waals surface area contributed by atoms with Crippen LogP contribution >= 0.6 is 0 Å². The predicted octanol–water partition coefficient (Wildman–Crippen LogP) is 4.16. The molecule has 8 aromatic heterocycles. The van der Waals surface area contributed by atoms with Crippen LogP contribution in [0, 0.1) is 0 Å². The molecule has 0 fully saturated rings. The summed E-state index contributed by atoms with van der Waals surface area (Å²) >= 11 is 0. The molecule has 0 N–H and O–H groups in total. The van der Waals surface area contributed by atoms with Crippen LogP contribution in [0.3, 0.4) is 0 Å². The van der Waals surface area contributed by atoms with Gasteiger partial charge in [0, 0.05) is 80.4 Å². The molecule has 0 unspecified atom stereocenters. The molecule has 0 bridgehead atoms. The molecule has 0 spiro atoms. The average Bonchev–Trinajstić information content (AvgIpc) is 3.76. The first-order valence-corrected chi connectivity index (χ1v) is 11.0. The number of imidazole rings is 3. The highest BCUT2D eigenvalue weighted by Crippen LogP contribution is 1.97. The van der Waals surface area contributed by atoms with Crippen molar-refractivity contribution in [3.63, 3.8) is 0 Å². The van der Waals surface area contributed by atoms with E-state index in [0.717, 1.165) is 22.7 Å². The minimum Gasteiger partial charge on any atom is -0.307 e. The first kappa shape index (κ1) is 24.7. The van der Waals surface area contributed by atoms with Gasteiger partial charge in [-0.3, -0.25) is 4.40 Å². The van der Waals surface area contributed by atoms with E-state index < -0.39 is 0 Å². The summed E-state index contributed by atoms with van der Waals surface area (Å²) in [5.41, 5.74) is 2.77. The molecule has 0 amide bonds. The molecule has 0 saturated carbocycles. The van der Waals surface area contributed by atoms with Crippen LogP contribution in [0.2, 0.25) is 0 Å². The van der Waals surface area contributed by atoms with E-state index in [-0.39, 0.29) is 7.43 Å². The molecule has 8 rings (SSSR count). The van der Waals surface area contributed by atoms with Crippen molar-refractivity contribution in [1.82, 2.24) is 52.9 Å². The van der Waals surface area contributed by atoms with E-state index in [9.17, 15) is 0 Å². The molecule has 0 saturated heterocycles. The zero-order valence-corrected chi connectivity index (χ0v) is 19.0. The molecular weight excluding hydrogens is 466 g/mol. The lowest BCUT2D eigenvalue weighted by atomic mass is 10.5. The first-order valence-electron chi connectivity index (χ1n) is 11.0. The second-order valence-electron chi connectivity index (χ2n) is 7.15. The van der Waals surface area contributed by atoms with Crippen molar-refractivity contribution < 1.29 is 0 Å². The predicted molar refractivity (Wildman–Crippen MR) is 141 cm³/mol. The summed E-state index contributed by atoms with van der Waals surface area (Å²) < 4.78 is 7.28. The van der Waals surface area contributed by atoms with Crippen LogP contribution in [0.4, 0.5) is 0 Å². The topological polar surface area (TPSA) is 108 Å². The van der Waals surface area contributed by atoms with Crippen molar-refractivity contribution in [2.75, 3.05) is 0 Å². The van der Waals surface area contributed by atoms with Crippen molar-refractivity contribution in [3.8, 4) is 0 Å². The molecule has 184 valence electrons. The minimum atomic E-state index is 0. The third-order valence-electron chi connectivity index (χ3n) is 4.81. The molecular formula is C26H25N11. The summed E-state index contributed by atoms with van der Waals surface area (Å²) in [4.78, 5) is 20.1. The number of hydrogen-bond donors (Lipinski definition) is 0. The minimum absolute atomic E-state index is 0. The Bertz CT molecular complexity index is 1390. The van der Waals surface area contributed by atoms with Crippen molar-refractivity contribution in [2.45, 2.75) is 7.43 Å². The maximum atomic E-state index is 4.08. The molecule has 0 aliphatic rings. The van der Waals surface area contributed by atoms with Gasteiger partial charge >= 0.3 is 0 Å². The highest BCUT2D eigenvalue weighted by Gasteiger charge is 1.89. The fraction of sp³-hybridized carbons (Fsp3) is 0.0385. The fourth-order valence-corrected chi connectivity index (χ4v) is 3.15. The second kappa shape index (κ2) is 12.3. The molecule has 8 aromatic rings. The highest BCUT2D eigenvalue weighted by atomic mass is 15.2. The molecule has 0 aliphatic heterocycles. The summed E-state index contributed by atoms with van der Waals surface area (Å²) in [7, 11) is 0. The van der Waals surface area contributed by atoms with E-state index in [0.29, 0.717) is 0 Å². The quantitative estimate of drug-likeness (QED) is 0.313. The summed E-state index contributed by atoms with van der Waals surface area (Å²) in [5.74, 6) is 0.748. The Morgan fingerprint density at radius 1 is 0.405 bits per heavy atom. The smallest absolute Gasteiger partial charge is 0.233 e. The van der Waals surface area contributed by atoms with E-state index >= 15 is 0 Å².